The van der Waals surface area contributed by atoms with Gasteiger partial charge < -0.3 is 24.1 Å². The molecule has 138 valence electrons. The zero-order chi connectivity index (χ0) is 18.7. The van der Waals surface area contributed by atoms with Gasteiger partial charge in [-0.3, -0.25) is 4.99 Å². The fourth-order valence-electron chi connectivity index (χ4n) is 2.99. The molecule has 0 saturated heterocycles. The third kappa shape index (κ3) is 3.66. The number of nitrogens with zero attached hydrogens (tertiary/aromatic N) is 5. The van der Waals surface area contributed by atoms with Crippen molar-refractivity contribution in [1.82, 2.24) is 19.8 Å². The predicted molar refractivity (Wildman–Crippen MR) is 105 cm³/mol. The second kappa shape index (κ2) is 7.51. The van der Waals surface area contributed by atoms with Gasteiger partial charge in [-0.2, -0.15) is 0 Å². The van der Waals surface area contributed by atoms with Crippen molar-refractivity contribution < 1.29 is 4.42 Å². The largest absolute Gasteiger partial charge is 0.459 e. The van der Waals surface area contributed by atoms with Crippen LogP contribution in [0.4, 0.5) is 5.95 Å². The van der Waals surface area contributed by atoms with Gasteiger partial charge in [-0.25, -0.2) is 4.98 Å². The van der Waals surface area contributed by atoms with E-state index < -0.39 is 0 Å². The molecule has 0 aliphatic carbocycles. The molecule has 0 amide bonds. The lowest BCUT2D eigenvalue weighted by atomic mass is 10.2. The molecule has 0 unspecified atom stereocenters. The zero-order valence-electron chi connectivity index (χ0n) is 16.0. The van der Waals surface area contributed by atoms with E-state index in [-0.39, 0.29) is 0 Å². The highest BCUT2D eigenvalue weighted by molar-refractivity contribution is 5.80. The lowest BCUT2D eigenvalue weighted by molar-refractivity contribution is 0.412. The second-order valence-electron chi connectivity index (χ2n) is 6.51. The SMILES string of the molecule is CN=C(NCc1cnc(N(C)C)n1C)N(C)Cc1cc2ccccc2o1. The quantitative estimate of drug-likeness (QED) is 0.563. The van der Waals surface area contributed by atoms with Crippen molar-refractivity contribution in [1.29, 1.82) is 0 Å². The van der Waals surface area contributed by atoms with Crippen LogP contribution in [0.3, 0.4) is 0 Å². The van der Waals surface area contributed by atoms with Crippen molar-refractivity contribution in [3.05, 3.63) is 48.0 Å². The summed E-state index contributed by atoms with van der Waals surface area (Å²) in [5.74, 6) is 2.64. The molecule has 3 aromatic rings. The summed E-state index contributed by atoms with van der Waals surface area (Å²) in [7, 11) is 9.77. The summed E-state index contributed by atoms with van der Waals surface area (Å²) >= 11 is 0. The molecule has 0 bridgehead atoms. The summed E-state index contributed by atoms with van der Waals surface area (Å²) in [5, 5.41) is 4.50. The van der Waals surface area contributed by atoms with E-state index in [9.17, 15) is 0 Å². The predicted octanol–water partition coefficient (Wildman–Crippen LogP) is 2.44. The number of imidazole rings is 1. The van der Waals surface area contributed by atoms with Crippen molar-refractivity contribution in [2.75, 3.05) is 33.1 Å². The summed E-state index contributed by atoms with van der Waals surface area (Å²) in [4.78, 5) is 12.8. The molecule has 26 heavy (non-hydrogen) atoms. The first kappa shape index (κ1) is 17.8. The molecule has 1 N–H and O–H groups in total. The molecular formula is C19H26N6O. The third-order valence-electron chi connectivity index (χ3n) is 4.33. The summed E-state index contributed by atoms with van der Waals surface area (Å²) in [6.45, 7) is 1.29. The minimum Gasteiger partial charge on any atom is -0.459 e. The molecule has 0 spiro atoms. The fourth-order valence-corrected chi connectivity index (χ4v) is 2.99. The number of furan rings is 1. The maximum absolute atomic E-state index is 5.90. The number of hydrogen-bond acceptors (Lipinski definition) is 4. The van der Waals surface area contributed by atoms with Gasteiger partial charge in [0.15, 0.2) is 5.96 Å². The van der Waals surface area contributed by atoms with Crippen molar-refractivity contribution in [2.24, 2.45) is 12.0 Å². The van der Waals surface area contributed by atoms with Crippen LogP contribution in [0.1, 0.15) is 11.5 Å². The Morgan fingerprint density at radius 3 is 2.69 bits per heavy atom. The van der Waals surface area contributed by atoms with Gasteiger partial charge in [0.1, 0.15) is 11.3 Å². The van der Waals surface area contributed by atoms with Crippen molar-refractivity contribution >= 4 is 22.9 Å². The van der Waals surface area contributed by atoms with Gasteiger partial charge in [0, 0.05) is 40.6 Å². The molecular weight excluding hydrogens is 328 g/mol. The Bertz CT molecular complexity index is 875. The molecule has 0 saturated carbocycles. The molecule has 3 rings (SSSR count). The molecule has 7 nitrogen and oxygen atoms in total. The van der Waals surface area contributed by atoms with Crippen LogP contribution < -0.4 is 10.2 Å². The number of aromatic nitrogens is 2. The second-order valence-corrected chi connectivity index (χ2v) is 6.51. The first-order chi connectivity index (χ1) is 12.5. The van der Waals surface area contributed by atoms with E-state index in [4.69, 9.17) is 4.42 Å². The van der Waals surface area contributed by atoms with Crippen molar-refractivity contribution in [3.8, 4) is 0 Å². The standard InChI is InChI=1S/C19H26N6O/c1-20-18(21-11-15-12-22-19(23(2)3)25(15)5)24(4)13-16-10-14-8-6-7-9-17(14)26-16/h6-10,12H,11,13H2,1-5H3,(H,20,21). The van der Waals surface area contributed by atoms with Gasteiger partial charge in [0.05, 0.1) is 25.0 Å². The minimum atomic E-state index is 0.642. The van der Waals surface area contributed by atoms with Crippen LogP contribution in [0.15, 0.2) is 45.9 Å². The van der Waals surface area contributed by atoms with Crippen LogP contribution in [-0.2, 0) is 20.1 Å². The maximum atomic E-state index is 5.90. The number of rotatable bonds is 5. The number of para-hydroxylation sites is 1. The van der Waals surface area contributed by atoms with Crippen LogP contribution >= 0.6 is 0 Å². The molecule has 0 atom stereocenters. The Balaban J connectivity index is 1.65. The molecule has 2 aromatic heterocycles. The number of aliphatic imine (C=N–C) groups is 1. The Kier molecular flexibility index (Phi) is 5.16. The summed E-state index contributed by atoms with van der Waals surface area (Å²) < 4.78 is 7.97. The van der Waals surface area contributed by atoms with Crippen LogP contribution in [0.25, 0.3) is 11.0 Å². The van der Waals surface area contributed by atoms with Crippen molar-refractivity contribution in [2.45, 2.75) is 13.1 Å². The highest BCUT2D eigenvalue weighted by atomic mass is 16.3. The number of nitrogens with one attached hydrogen (secondary N) is 1. The highest BCUT2D eigenvalue weighted by Gasteiger charge is 2.12. The van der Waals surface area contributed by atoms with Crippen LogP contribution in [0.2, 0.25) is 0 Å². The molecule has 0 radical (unpaired) electrons. The maximum Gasteiger partial charge on any atom is 0.204 e. The Labute approximate surface area is 153 Å². The monoisotopic (exact) mass is 354 g/mol. The molecule has 0 fully saturated rings. The number of fused-ring (bicyclic) bond motifs is 1. The van der Waals surface area contributed by atoms with E-state index in [1.807, 2.05) is 62.4 Å². The van der Waals surface area contributed by atoms with Gasteiger partial charge >= 0.3 is 0 Å². The molecule has 1 aromatic carbocycles. The van der Waals surface area contributed by atoms with Gasteiger partial charge in [-0.15, -0.1) is 0 Å². The smallest absolute Gasteiger partial charge is 0.204 e. The fraction of sp³-hybridized carbons (Fsp3) is 0.368. The van der Waals surface area contributed by atoms with E-state index in [1.165, 1.54) is 0 Å². The lowest BCUT2D eigenvalue weighted by Crippen LogP contribution is -2.38. The zero-order valence-corrected chi connectivity index (χ0v) is 16.0. The Morgan fingerprint density at radius 2 is 2.04 bits per heavy atom. The molecule has 0 aliphatic rings. The summed E-state index contributed by atoms with van der Waals surface area (Å²) in [6.07, 6.45) is 1.88. The van der Waals surface area contributed by atoms with Gasteiger partial charge in [0.2, 0.25) is 5.95 Å². The van der Waals surface area contributed by atoms with Crippen LogP contribution in [-0.4, -0.2) is 48.6 Å². The average molecular weight is 354 g/mol. The van der Waals surface area contributed by atoms with E-state index in [0.29, 0.717) is 13.1 Å². The third-order valence-corrected chi connectivity index (χ3v) is 4.33. The number of anilines is 1. The molecule has 0 aliphatic heterocycles. The number of guanidine groups is 1. The van der Waals surface area contributed by atoms with Gasteiger partial charge in [0.25, 0.3) is 0 Å². The van der Waals surface area contributed by atoms with Gasteiger partial charge in [-0.05, 0) is 12.1 Å². The van der Waals surface area contributed by atoms with E-state index >= 15 is 0 Å². The summed E-state index contributed by atoms with van der Waals surface area (Å²) in [5.41, 5.74) is 2.00. The minimum absolute atomic E-state index is 0.642. The Hall–Kier alpha value is -2.96. The highest BCUT2D eigenvalue weighted by Crippen LogP contribution is 2.19. The molecule has 2 heterocycles. The number of hydrogen-bond donors (Lipinski definition) is 1. The normalized spacial score (nSPS) is 11.8. The van der Waals surface area contributed by atoms with Crippen molar-refractivity contribution in [3.63, 3.8) is 0 Å². The van der Waals surface area contributed by atoms with Crippen LogP contribution in [0.5, 0.6) is 0 Å². The van der Waals surface area contributed by atoms with E-state index in [1.54, 1.807) is 7.05 Å². The van der Waals surface area contributed by atoms with E-state index in [2.05, 4.69) is 32.0 Å². The number of benzene rings is 1. The topological polar surface area (TPSA) is 61.8 Å². The van der Waals surface area contributed by atoms with Crippen LogP contribution in [0, 0.1) is 0 Å². The average Bonchev–Trinajstić information content (AvgIpc) is 3.18. The Morgan fingerprint density at radius 1 is 1.27 bits per heavy atom. The summed E-state index contributed by atoms with van der Waals surface area (Å²) in [6, 6.07) is 10.1. The van der Waals surface area contributed by atoms with Gasteiger partial charge in [-0.1, -0.05) is 18.2 Å². The lowest BCUT2D eigenvalue weighted by Gasteiger charge is -2.21. The first-order valence-corrected chi connectivity index (χ1v) is 8.56. The molecule has 7 heteroatoms. The van der Waals surface area contributed by atoms with E-state index in [0.717, 1.165) is 34.3 Å². The first-order valence-electron chi connectivity index (χ1n) is 8.56.